The molecule has 0 fully saturated rings. The van der Waals surface area contributed by atoms with Gasteiger partial charge in [0.2, 0.25) is 0 Å². The molecule has 1 atom stereocenters. The summed E-state index contributed by atoms with van der Waals surface area (Å²) >= 11 is 5.81. The van der Waals surface area contributed by atoms with Gasteiger partial charge in [-0.3, -0.25) is 0 Å². The maximum Gasteiger partial charge on any atom is 0.130 e. The number of hydrogen-bond donors (Lipinski definition) is 0. The van der Waals surface area contributed by atoms with Crippen molar-refractivity contribution in [3.05, 3.63) is 53.1 Å². The van der Waals surface area contributed by atoms with Gasteiger partial charge in [-0.1, -0.05) is 23.7 Å². The van der Waals surface area contributed by atoms with Crippen molar-refractivity contribution in [1.29, 1.82) is 5.26 Å². The molecular weight excluding hydrogens is 222 g/mol. The second kappa shape index (κ2) is 4.38. The lowest BCUT2D eigenvalue weighted by Gasteiger charge is -2.09. The third-order valence-corrected chi connectivity index (χ3v) is 2.70. The van der Waals surface area contributed by atoms with Gasteiger partial charge in [-0.25, -0.2) is 4.98 Å². The minimum absolute atomic E-state index is 0.350. The molecule has 0 aliphatic rings. The molecule has 0 bridgehead atoms. The highest BCUT2D eigenvalue weighted by Crippen LogP contribution is 2.23. The van der Waals surface area contributed by atoms with E-state index in [1.807, 2.05) is 29.9 Å². The van der Waals surface area contributed by atoms with E-state index in [1.54, 1.807) is 18.3 Å². The number of benzene rings is 1. The average molecular weight is 232 g/mol. The van der Waals surface area contributed by atoms with Crippen molar-refractivity contribution in [3.63, 3.8) is 0 Å². The molecule has 0 aliphatic heterocycles. The molecule has 0 aliphatic carbocycles. The number of halogens is 1. The van der Waals surface area contributed by atoms with Crippen molar-refractivity contribution in [2.75, 3.05) is 0 Å². The SMILES string of the molecule is Cn1ccnc1C(C#N)c1ccc(Cl)cc1. The fourth-order valence-electron chi connectivity index (χ4n) is 1.59. The maximum absolute atomic E-state index is 9.21. The van der Waals surface area contributed by atoms with Crippen molar-refractivity contribution < 1.29 is 0 Å². The molecule has 3 nitrogen and oxygen atoms in total. The summed E-state index contributed by atoms with van der Waals surface area (Å²) in [5.41, 5.74) is 0.904. The molecule has 0 amide bonds. The molecule has 1 aromatic heterocycles. The highest BCUT2D eigenvalue weighted by atomic mass is 35.5. The van der Waals surface area contributed by atoms with Crippen LogP contribution in [0.2, 0.25) is 5.02 Å². The zero-order valence-electron chi connectivity index (χ0n) is 8.76. The lowest BCUT2D eigenvalue weighted by Crippen LogP contribution is -2.05. The van der Waals surface area contributed by atoms with Crippen LogP contribution in [0.5, 0.6) is 0 Å². The fraction of sp³-hybridized carbons (Fsp3) is 0.167. The first-order valence-electron chi connectivity index (χ1n) is 4.84. The highest BCUT2D eigenvalue weighted by molar-refractivity contribution is 6.30. The number of imidazole rings is 1. The number of aryl methyl sites for hydroxylation is 1. The molecule has 0 saturated carbocycles. The summed E-state index contributed by atoms with van der Waals surface area (Å²) in [5, 5.41) is 9.88. The Morgan fingerprint density at radius 3 is 2.56 bits per heavy atom. The minimum atomic E-state index is -0.350. The standard InChI is InChI=1S/C12H10ClN3/c1-16-7-6-15-12(16)11(8-14)9-2-4-10(13)5-3-9/h2-7,11H,1H3. The van der Waals surface area contributed by atoms with Crippen LogP contribution in [0.3, 0.4) is 0 Å². The Hall–Kier alpha value is -1.79. The van der Waals surface area contributed by atoms with Gasteiger partial charge >= 0.3 is 0 Å². The summed E-state index contributed by atoms with van der Waals surface area (Å²) in [6.45, 7) is 0. The Kier molecular flexibility index (Phi) is 2.93. The highest BCUT2D eigenvalue weighted by Gasteiger charge is 2.17. The predicted molar refractivity (Wildman–Crippen MR) is 62.1 cm³/mol. The van der Waals surface area contributed by atoms with Gasteiger partial charge in [0, 0.05) is 24.5 Å². The third kappa shape index (κ3) is 1.93. The van der Waals surface area contributed by atoms with Crippen molar-refractivity contribution in [2.45, 2.75) is 5.92 Å². The first kappa shape index (κ1) is 10.7. The van der Waals surface area contributed by atoms with Gasteiger partial charge in [0.1, 0.15) is 11.7 Å². The second-order valence-electron chi connectivity index (χ2n) is 3.51. The van der Waals surface area contributed by atoms with Crippen LogP contribution in [0, 0.1) is 11.3 Å². The van der Waals surface area contributed by atoms with E-state index >= 15 is 0 Å². The number of nitrogens with zero attached hydrogens (tertiary/aromatic N) is 3. The van der Waals surface area contributed by atoms with Crippen LogP contribution in [0.15, 0.2) is 36.7 Å². The lowest BCUT2D eigenvalue weighted by molar-refractivity contribution is 0.783. The number of rotatable bonds is 2. The van der Waals surface area contributed by atoms with Gasteiger partial charge in [-0.2, -0.15) is 5.26 Å². The van der Waals surface area contributed by atoms with Gasteiger partial charge in [-0.15, -0.1) is 0 Å². The monoisotopic (exact) mass is 231 g/mol. The minimum Gasteiger partial charge on any atom is -0.337 e. The van der Waals surface area contributed by atoms with Crippen molar-refractivity contribution in [3.8, 4) is 6.07 Å². The summed E-state index contributed by atoms with van der Waals surface area (Å²) in [6, 6.07) is 9.52. The largest absolute Gasteiger partial charge is 0.337 e. The van der Waals surface area contributed by atoms with E-state index < -0.39 is 0 Å². The maximum atomic E-state index is 9.21. The van der Waals surface area contributed by atoms with Gasteiger partial charge in [0.25, 0.3) is 0 Å². The molecule has 2 aromatic rings. The van der Waals surface area contributed by atoms with Crippen LogP contribution in [-0.4, -0.2) is 9.55 Å². The zero-order chi connectivity index (χ0) is 11.5. The first-order valence-corrected chi connectivity index (χ1v) is 5.22. The topological polar surface area (TPSA) is 41.6 Å². The van der Waals surface area contributed by atoms with E-state index in [2.05, 4.69) is 11.1 Å². The predicted octanol–water partition coefficient (Wildman–Crippen LogP) is 2.73. The smallest absolute Gasteiger partial charge is 0.130 e. The molecule has 1 aromatic carbocycles. The van der Waals surface area contributed by atoms with Gasteiger partial charge in [0.15, 0.2) is 0 Å². The third-order valence-electron chi connectivity index (χ3n) is 2.45. The normalized spacial score (nSPS) is 12.1. The molecular formula is C12H10ClN3. The van der Waals surface area contributed by atoms with E-state index in [-0.39, 0.29) is 5.92 Å². The molecule has 0 N–H and O–H groups in total. The quantitative estimate of drug-likeness (QED) is 0.798. The average Bonchev–Trinajstić information content (AvgIpc) is 2.69. The van der Waals surface area contributed by atoms with Crippen LogP contribution in [0.1, 0.15) is 17.3 Å². The van der Waals surface area contributed by atoms with Gasteiger partial charge < -0.3 is 4.57 Å². The fourth-order valence-corrected chi connectivity index (χ4v) is 1.72. The molecule has 80 valence electrons. The van der Waals surface area contributed by atoms with Crippen LogP contribution in [0.25, 0.3) is 0 Å². The van der Waals surface area contributed by atoms with Gasteiger partial charge in [0.05, 0.1) is 6.07 Å². The van der Waals surface area contributed by atoms with E-state index in [4.69, 9.17) is 11.6 Å². The summed E-state index contributed by atoms with van der Waals surface area (Å²) in [4.78, 5) is 4.19. The lowest BCUT2D eigenvalue weighted by atomic mass is 10.00. The Morgan fingerprint density at radius 2 is 2.06 bits per heavy atom. The molecule has 1 unspecified atom stereocenters. The molecule has 0 spiro atoms. The molecule has 16 heavy (non-hydrogen) atoms. The van der Waals surface area contributed by atoms with E-state index in [0.29, 0.717) is 5.02 Å². The molecule has 1 heterocycles. The van der Waals surface area contributed by atoms with Crippen LogP contribution in [-0.2, 0) is 7.05 Å². The number of hydrogen-bond acceptors (Lipinski definition) is 2. The first-order chi connectivity index (χ1) is 7.72. The van der Waals surface area contributed by atoms with Crippen LogP contribution < -0.4 is 0 Å². The zero-order valence-corrected chi connectivity index (χ0v) is 9.52. The Morgan fingerprint density at radius 1 is 1.38 bits per heavy atom. The van der Waals surface area contributed by atoms with Gasteiger partial charge in [-0.05, 0) is 17.7 Å². The van der Waals surface area contributed by atoms with Crippen LogP contribution in [0.4, 0.5) is 0 Å². The van der Waals surface area contributed by atoms with E-state index in [1.165, 1.54) is 0 Å². The number of aromatic nitrogens is 2. The Labute approximate surface area is 98.9 Å². The summed E-state index contributed by atoms with van der Waals surface area (Å²) in [7, 11) is 1.88. The van der Waals surface area contributed by atoms with Crippen LogP contribution >= 0.6 is 11.6 Å². The summed E-state index contributed by atoms with van der Waals surface area (Å²) in [6.07, 6.45) is 3.52. The van der Waals surface area contributed by atoms with E-state index in [0.717, 1.165) is 11.4 Å². The van der Waals surface area contributed by atoms with E-state index in [9.17, 15) is 5.26 Å². The molecule has 2 rings (SSSR count). The van der Waals surface area contributed by atoms with Crippen molar-refractivity contribution in [2.24, 2.45) is 7.05 Å². The molecule has 0 radical (unpaired) electrons. The second-order valence-corrected chi connectivity index (χ2v) is 3.95. The Balaban J connectivity index is 2.42. The molecule has 4 heteroatoms. The summed E-state index contributed by atoms with van der Waals surface area (Å²) < 4.78 is 1.85. The molecule has 0 saturated heterocycles. The van der Waals surface area contributed by atoms with Crippen molar-refractivity contribution in [1.82, 2.24) is 9.55 Å². The summed E-state index contributed by atoms with van der Waals surface area (Å²) in [5.74, 6) is 0.391. The Bertz CT molecular complexity index is 522. The van der Waals surface area contributed by atoms with Crippen molar-refractivity contribution >= 4 is 11.6 Å². The number of nitriles is 1.